The molecule has 0 spiro atoms. The van der Waals surface area contributed by atoms with Crippen molar-refractivity contribution in [1.82, 2.24) is 15.2 Å². The number of aromatic nitrogens is 1. The monoisotopic (exact) mass is 296 g/mol. The van der Waals surface area contributed by atoms with E-state index in [0.717, 1.165) is 26.2 Å². The zero-order valence-electron chi connectivity index (χ0n) is 12.0. The second-order valence-corrected chi connectivity index (χ2v) is 6.20. The maximum absolute atomic E-state index is 12.4. The average molecular weight is 296 g/mol. The first kappa shape index (κ1) is 15.1. The van der Waals surface area contributed by atoms with Crippen LogP contribution >= 0.6 is 11.3 Å². The van der Waals surface area contributed by atoms with Gasteiger partial charge >= 0.3 is 0 Å². The van der Waals surface area contributed by atoms with Gasteiger partial charge in [-0.1, -0.05) is 0 Å². The number of amides is 1. The number of thiazole rings is 1. The highest BCUT2D eigenvalue weighted by atomic mass is 32.1. The summed E-state index contributed by atoms with van der Waals surface area (Å²) in [5.41, 5.74) is -0.199. The molecule has 110 valence electrons. The van der Waals surface area contributed by atoms with Gasteiger partial charge in [0.15, 0.2) is 10.9 Å². The molecule has 0 bridgehead atoms. The molecular weight excluding hydrogens is 276 g/mol. The Hall–Kier alpha value is -1.31. The van der Waals surface area contributed by atoms with Crippen LogP contribution in [0.25, 0.3) is 0 Å². The number of rotatable bonds is 4. The molecule has 0 aromatic carbocycles. The molecule has 2 N–H and O–H groups in total. The van der Waals surface area contributed by atoms with Crippen LogP contribution in [0.5, 0.6) is 0 Å². The van der Waals surface area contributed by atoms with Gasteiger partial charge in [-0.2, -0.15) is 0 Å². The minimum atomic E-state index is -0.593. The van der Waals surface area contributed by atoms with Gasteiger partial charge in [0, 0.05) is 38.5 Å². The molecule has 6 nitrogen and oxygen atoms in total. The van der Waals surface area contributed by atoms with E-state index in [-0.39, 0.29) is 11.7 Å². The lowest BCUT2D eigenvalue weighted by atomic mass is 10.0. The summed E-state index contributed by atoms with van der Waals surface area (Å²) < 4.78 is 0. The fourth-order valence-electron chi connectivity index (χ4n) is 2.11. The van der Waals surface area contributed by atoms with Crippen LogP contribution in [0.2, 0.25) is 0 Å². The Morgan fingerprint density at radius 2 is 2.05 bits per heavy atom. The molecular formula is C13H20N4O2S. The van der Waals surface area contributed by atoms with E-state index >= 15 is 0 Å². The molecule has 7 heteroatoms. The van der Waals surface area contributed by atoms with Gasteiger partial charge in [0.2, 0.25) is 5.91 Å². The van der Waals surface area contributed by atoms with Crippen LogP contribution in [0.4, 0.5) is 5.13 Å². The summed E-state index contributed by atoms with van der Waals surface area (Å²) in [6.45, 7) is 8.75. The van der Waals surface area contributed by atoms with E-state index in [9.17, 15) is 9.59 Å². The van der Waals surface area contributed by atoms with E-state index in [1.807, 2.05) is 13.8 Å². The lowest BCUT2D eigenvalue weighted by molar-refractivity contribution is -0.126. The summed E-state index contributed by atoms with van der Waals surface area (Å²) in [4.78, 5) is 29.9. The predicted molar refractivity (Wildman–Crippen MR) is 79.3 cm³/mol. The fraction of sp³-hybridized carbons (Fsp3) is 0.615. The number of piperazine rings is 1. The van der Waals surface area contributed by atoms with Crippen LogP contribution in [-0.4, -0.2) is 53.3 Å². The van der Waals surface area contributed by atoms with E-state index in [1.54, 1.807) is 5.38 Å². The molecule has 20 heavy (non-hydrogen) atoms. The number of hydrogen-bond donors (Lipinski definition) is 2. The molecule has 1 aliphatic rings. The minimum Gasteiger partial charge on any atom is -0.314 e. The molecule has 1 aromatic rings. The lowest BCUT2D eigenvalue weighted by Crippen LogP contribution is -2.58. The van der Waals surface area contributed by atoms with Gasteiger partial charge in [-0.15, -0.1) is 11.3 Å². The highest BCUT2D eigenvalue weighted by molar-refractivity contribution is 7.14. The van der Waals surface area contributed by atoms with E-state index < -0.39 is 5.54 Å². The largest absolute Gasteiger partial charge is 0.314 e. The number of Topliss-reactive ketones (excluding diaryl/α,β-unsaturated/α-hetero) is 1. The van der Waals surface area contributed by atoms with Crippen molar-refractivity contribution < 1.29 is 9.59 Å². The number of nitrogens with one attached hydrogen (secondary N) is 2. The topological polar surface area (TPSA) is 74.3 Å². The summed E-state index contributed by atoms with van der Waals surface area (Å²) >= 11 is 1.27. The van der Waals surface area contributed by atoms with E-state index in [4.69, 9.17) is 0 Å². The van der Waals surface area contributed by atoms with Gasteiger partial charge in [0.25, 0.3) is 0 Å². The molecule has 1 saturated heterocycles. The molecule has 0 radical (unpaired) electrons. The van der Waals surface area contributed by atoms with Gasteiger partial charge in [-0.25, -0.2) is 4.98 Å². The van der Waals surface area contributed by atoms with Gasteiger partial charge in [0.1, 0.15) is 5.69 Å². The van der Waals surface area contributed by atoms with Gasteiger partial charge < -0.3 is 10.6 Å². The van der Waals surface area contributed by atoms with Crippen LogP contribution in [0.3, 0.4) is 0 Å². The van der Waals surface area contributed by atoms with Crippen molar-refractivity contribution in [3.05, 3.63) is 11.1 Å². The van der Waals surface area contributed by atoms with Gasteiger partial charge in [-0.3, -0.25) is 14.5 Å². The molecule has 1 fully saturated rings. The van der Waals surface area contributed by atoms with Crippen molar-refractivity contribution in [2.75, 3.05) is 31.5 Å². The van der Waals surface area contributed by atoms with Gasteiger partial charge in [-0.05, 0) is 13.8 Å². The van der Waals surface area contributed by atoms with Crippen LogP contribution in [-0.2, 0) is 4.79 Å². The second-order valence-electron chi connectivity index (χ2n) is 5.34. The average Bonchev–Trinajstić information content (AvgIpc) is 2.88. The molecule has 0 aliphatic carbocycles. The predicted octanol–water partition coefficient (Wildman–Crippen LogP) is 0.968. The van der Waals surface area contributed by atoms with Crippen LogP contribution in [0, 0.1) is 0 Å². The van der Waals surface area contributed by atoms with Crippen LogP contribution < -0.4 is 10.6 Å². The zero-order chi connectivity index (χ0) is 14.8. The quantitative estimate of drug-likeness (QED) is 0.810. The standard InChI is InChI=1S/C13H20N4O2S/c1-9(18)10-8-20-12(15-10)16-11(19)13(2,3)17-6-4-14-5-7-17/h8,14H,4-7H2,1-3H3,(H,15,16,19). The Bertz CT molecular complexity index is 506. The maximum Gasteiger partial charge on any atom is 0.246 e. The molecule has 2 heterocycles. The highest BCUT2D eigenvalue weighted by Gasteiger charge is 2.35. The molecule has 1 aromatic heterocycles. The summed E-state index contributed by atoms with van der Waals surface area (Å²) in [7, 11) is 0. The fourth-order valence-corrected chi connectivity index (χ4v) is 2.85. The maximum atomic E-state index is 12.4. The highest BCUT2D eigenvalue weighted by Crippen LogP contribution is 2.21. The summed E-state index contributed by atoms with van der Waals surface area (Å²) in [5.74, 6) is -0.188. The number of hydrogen-bond acceptors (Lipinski definition) is 6. The van der Waals surface area contributed by atoms with E-state index in [1.165, 1.54) is 18.3 Å². The minimum absolute atomic E-state index is 0.0937. The summed E-state index contributed by atoms with van der Waals surface area (Å²) in [6.07, 6.45) is 0. The SMILES string of the molecule is CC(=O)c1csc(NC(=O)C(C)(C)N2CCNCC2)n1. The third kappa shape index (κ3) is 3.23. The van der Waals surface area contributed by atoms with Crippen LogP contribution in [0.1, 0.15) is 31.3 Å². The Labute approximate surface area is 122 Å². The third-order valence-corrected chi connectivity index (χ3v) is 4.31. The van der Waals surface area contributed by atoms with Crippen molar-refractivity contribution in [3.8, 4) is 0 Å². The van der Waals surface area contributed by atoms with Crippen molar-refractivity contribution in [3.63, 3.8) is 0 Å². The summed E-state index contributed by atoms with van der Waals surface area (Å²) in [6, 6.07) is 0. The Morgan fingerprint density at radius 3 is 2.60 bits per heavy atom. The number of anilines is 1. The Morgan fingerprint density at radius 1 is 1.40 bits per heavy atom. The van der Waals surface area contributed by atoms with Gasteiger partial charge in [0.05, 0.1) is 5.54 Å². The number of carbonyl (C=O) groups is 2. The number of ketones is 1. The summed E-state index contributed by atoms with van der Waals surface area (Å²) in [5, 5.41) is 8.22. The van der Waals surface area contributed by atoms with Crippen LogP contribution in [0.15, 0.2) is 5.38 Å². The number of carbonyl (C=O) groups excluding carboxylic acids is 2. The molecule has 0 saturated carbocycles. The lowest BCUT2D eigenvalue weighted by Gasteiger charge is -2.39. The smallest absolute Gasteiger partial charge is 0.246 e. The second kappa shape index (κ2) is 5.99. The van der Waals surface area contributed by atoms with E-state index in [2.05, 4.69) is 20.5 Å². The van der Waals surface area contributed by atoms with E-state index in [0.29, 0.717) is 10.8 Å². The Kier molecular flexibility index (Phi) is 4.52. The molecule has 0 atom stereocenters. The third-order valence-electron chi connectivity index (χ3n) is 3.55. The van der Waals surface area contributed by atoms with Crippen molar-refractivity contribution in [2.45, 2.75) is 26.3 Å². The first-order chi connectivity index (χ1) is 9.41. The molecule has 0 unspecified atom stereocenters. The van der Waals surface area contributed by atoms with Crippen molar-refractivity contribution in [1.29, 1.82) is 0 Å². The van der Waals surface area contributed by atoms with Crippen molar-refractivity contribution in [2.24, 2.45) is 0 Å². The Balaban J connectivity index is 2.03. The van der Waals surface area contributed by atoms with Crippen molar-refractivity contribution >= 4 is 28.2 Å². The normalized spacial score (nSPS) is 16.9. The number of nitrogens with zero attached hydrogens (tertiary/aromatic N) is 2. The zero-order valence-corrected chi connectivity index (χ0v) is 12.8. The molecule has 1 amide bonds. The first-order valence-electron chi connectivity index (χ1n) is 6.65. The molecule has 1 aliphatic heterocycles. The molecule has 2 rings (SSSR count). The first-order valence-corrected chi connectivity index (χ1v) is 7.53.